The van der Waals surface area contributed by atoms with E-state index in [1.807, 2.05) is 41.1 Å². The Kier molecular flexibility index (Phi) is 3.58. The van der Waals surface area contributed by atoms with E-state index in [-0.39, 0.29) is 0 Å². The third-order valence-electron chi connectivity index (χ3n) is 2.91. The van der Waals surface area contributed by atoms with Gasteiger partial charge < -0.3 is 10.1 Å². The molecule has 1 atom stereocenters. The molecule has 0 aliphatic heterocycles. The number of benzene rings is 1. The van der Waals surface area contributed by atoms with Gasteiger partial charge in [-0.15, -0.1) is 0 Å². The molecule has 1 unspecified atom stereocenters. The smallest absolute Gasteiger partial charge is 0.137 e. The number of halogens is 1. The molecule has 3 aromatic rings. The summed E-state index contributed by atoms with van der Waals surface area (Å²) in [5.41, 5.74) is 8.05. The lowest BCUT2D eigenvalue weighted by Crippen LogP contribution is -2.01. The van der Waals surface area contributed by atoms with Crippen molar-refractivity contribution in [3.63, 3.8) is 0 Å². The second-order valence-electron chi connectivity index (χ2n) is 4.37. The van der Waals surface area contributed by atoms with Crippen LogP contribution in [0.25, 0.3) is 5.65 Å². The SMILES string of the molecule is Nc1ccc(Br)cc1S(=O)Cc1cn2ccccc2n1. The minimum atomic E-state index is -1.21. The van der Waals surface area contributed by atoms with Crippen molar-refractivity contribution in [1.82, 2.24) is 9.38 Å². The van der Waals surface area contributed by atoms with Crippen LogP contribution in [-0.4, -0.2) is 13.6 Å². The number of pyridine rings is 1. The highest BCUT2D eigenvalue weighted by Gasteiger charge is 2.11. The average Bonchev–Trinajstić information content (AvgIpc) is 2.83. The first-order valence-corrected chi connectivity index (χ1v) is 8.11. The molecule has 0 fully saturated rings. The molecular formula is C14H12BrN3OS. The standard InChI is InChI=1S/C14H12BrN3OS/c15-10-4-5-12(16)13(7-10)20(19)9-11-8-18-6-2-1-3-14(18)17-11/h1-8H,9,16H2. The Labute approximate surface area is 127 Å². The number of nitrogen functional groups attached to an aromatic ring is 1. The second kappa shape index (κ2) is 5.38. The molecule has 1 aromatic carbocycles. The first-order chi connectivity index (χ1) is 9.63. The highest BCUT2D eigenvalue weighted by Crippen LogP contribution is 2.23. The molecule has 0 saturated carbocycles. The van der Waals surface area contributed by atoms with Gasteiger partial charge >= 0.3 is 0 Å². The highest BCUT2D eigenvalue weighted by atomic mass is 79.9. The maximum atomic E-state index is 12.4. The summed E-state index contributed by atoms with van der Waals surface area (Å²) in [6.45, 7) is 0. The second-order valence-corrected chi connectivity index (χ2v) is 6.71. The van der Waals surface area contributed by atoms with Gasteiger partial charge in [-0.25, -0.2) is 4.98 Å². The Morgan fingerprint density at radius 1 is 1.30 bits per heavy atom. The summed E-state index contributed by atoms with van der Waals surface area (Å²) >= 11 is 3.37. The van der Waals surface area contributed by atoms with Gasteiger partial charge in [0.2, 0.25) is 0 Å². The quantitative estimate of drug-likeness (QED) is 0.739. The molecule has 2 heterocycles. The summed E-state index contributed by atoms with van der Waals surface area (Å²) in [6.07, 6.45) is 3.81. The van der Waals surface area contributed by atoms with E-state index in [1.54, 1.807) is 12.1 Å². The van der Waals surface area contributed by atoms with Crippen LogP contribution in [0, 0.1) is 0 Å². The number of rotatable bonds is 3. The van der Waals surface area contributed by atoms with Gasteiger partial charge in [0.1, 0.15) is 5.65 Å². The zero-order valence-electron chi connectivity index (χ0n) is 10.5. The molecule has 0 aliphatic carbocycles. The number of nitrogens with two attached hydrogens (primary N) is 1. The molecule has 20 heavy (non-hydrogen) atoms. The van der Waals surface area contributed by atoms with Crippen molar-refractivity contribution in [2.45, 2.75) is 10.6 Å². The summed E-state index contributed by atoms with van der Waals surface area (Å²) in [5.74, 6) is 0.350. The van der Waals surface area contributed by atoms with Gasteiger partial charge in [0.15, 0.2) is 0 Å². The van der Waals surface area contributed by atoms with Crippen molar-refractivity contribution in [2.75, 3.05) is 5.73 Å². The van der Waals surface area contributed by atoms with Crippen molar-refractivity contribution in [2.24, 2.45) is 0 Å². The van der Waals surface area contributed by atoms with Crippen LogP contribution in [0.2, 0.25) is 0 Å². The van der Waals surface area contributed by atoms with E-state index in [1.165, 1.54) is 0 Å². The van der Waals surface area contributed by atoms with Crippen molar-refractivity contribution in [3.05, 3.63) is 59.0 Å². The van der Waals surface area contributed by atoms with E-state index in [4.69, 9.17) is 5.73 Å². The van der Waals surface area contributed by atoms with Crippen molar-refractivity contribution in [1.29, 1.82) is 0 Å². The van der Waals surface area contributed by atoms with Crippen LogP contribution in [-0.2, 0) is 16.6 Å². The molecule has 4 nitrogen and oxygen atoms in total. The maximum absolute atomic E-state index is 12.4. The van der Waals surface area contributed by atoms with Crippen LogP contribution >= 0.6 is 15.9 Å². The predicted molar refractivity (Wildman–Crippen MR) is 83.9 cm³/mol. The average molecular weight is 350 g/mol. The molecule has 0 spiro atoms. The maximum Gasteiger partial charge on any atom is 0.137 e. The van der Waals surface area contributed by atoms with Crippen LogP contribution in [0.15, 0.2) is 58.2 Å². The summed E-state index contributed by atoms with van der Waals surface area (Å²) < 4.78 is 15.2. The summed E-state index contributed by atoms with van der Waals surface area (Å²) in [5, 5.41) is 0. The fourth-order valence-electron chi connectivity index (χ4n) is 1.97. The van der Waals surface area contributed by atoms with Crippen LogP contribution in [0.1, 0.15) is 5.69 Å². The molecular weight excluding hydrogens is 338 g/mol. The summed E-state index contributed by atoms with van der Waals surface area (Å²) in [7, 11) is -1.21. The number of nitrogens with zero attached hydrogens (tertiary/aromatic N) is 2. The van der Waals surface area contributed by atoms with E-state index in [2.05, 4.69) is 20.9 Å². The molecule has 0 saturated heterocycles. The minimum Gasteiger partial charge on any atom is -0.398 e. The first kappa shape index (κ1) is 13.3. The Morgan fingerprint density at radius 3 is 2.95 bits per heavy atom. The monoisotopic (exact) mass is 349 g/mol. The third kappa shape index (κ3) is 2.62. The number of imidazole rings is 1. The Balaban J connectivity index is 1.90. The lowest BCUT2D eigenvalue weighted by Gasteiger charge is -2.05. The zero-order valence-corrected chi connectivity index (χ0v) is 12.9. The zero-order chi connectivity index (χ0) is 14.1. The Bertz CT molecular complexity index is 767. The van der Waals surface area contributed by atoms with Crippen LogP contribution in [0.3, 0.4) is 0 Å². The lowest BCUT2D eigenvalue weighted by molar-refractivity contribution is 0.682. The fraction of sp³-hybridized carbons (Fsp3) is 0.0714. The van der Waals surface area contributed by atoms with Crippen LogP contribution < -0.4 is 5.73 Å². The number of hydrogen-bond acceptors (Lipinski definition) is 3. The van der Waals surface area contributed by atoms with Gasteiger partial charge in [-0.2, -0.15) is 0 Å². The molecule has 3 rings (SSSR count). The van der Waals surface area contributed by atoms with Crippen molar-refractivity contribution < 1.29 is 4.21 Å². The molecule has 6 heteroatoms. The van der Waals surface area contributed by atoms with E-state index < -0.39 is 10.8 Å². The van der Waals surface area contributed by atoms with Gasteiger partial charge in [0.25, 0.3) is 0 Å². The first-order valence-electron chi connectivity index (χ1n) is 5.99. The molecule has 0 radical (unpaired) electrons. The molecule has 0 aliphatic rings. The molecule has 0 amide bonds. The fourth-order valence-corrected chi connectivity index (χ4v) is 3.64. The van der Waals surface area contributed by atoms with Gasteiger partial charge in [0.05, 0.1) is 27.1 Å². The van der Waals surface area contributed by atoms with Gasteiger partial charge in [-0.1, -0.05) is 22.0 Å². The van der Waals surface area contributed by atoms with E-state index in [9.17, 15) is 4.21 Å². The van der Waals surface area contributed by atoms with Crippen molar-refractivity contribution >= 4 is 38.1 Å². The number of hydrogen-bond donors (Lipinski definition) is 1. The van der Waals surface area contributed by atoms with Crippen LogP contribution in [0.5, 0.6) is 0 Å². The van der Waals surface area contributed by atoms with Gasteiger partial charge in [-0.05, 0) is 30.3 Å². The highest BCUT2D eigenvalue weighted by molar-refractivity contribution is 9.10. The molecule has 102 valence electrons. The number of fused-ring (bicyclic) bond motifs is 1. The van der Waals surface area contributed by atoms with Crippen LogP contribution in [0.4, 0.5) is 5.69 Å². The summed E-state index contributed by atoms with van der Waals surface area (Å²) in [6, 6.07) is 11.2. The Morgan fingerprint density at radius 2 is 2.15 bits per heavy atom. The largest absolute Gasteiger partial charge is 0.398 e. The normalized spacial score (nSPS) is 12.7. The van der Waals surface area contributed by atoms with E-state index >= 15 is 0 Å². The molecule has 2 N–H and O–H groups in total. The van der Waals surface area contributed by atoms with Gasteiger partial charge in [0, 0.05) is 22.6 Å². The summed E-state index contributed by atoms with van der Waals surface area (Å²) in [4.78, 5) is 5.08. The van der Waals surface area contributed by atoms with Gasteiger partial charge in [-0.3, -0.25) is 4.21 Å². The molecule has 0 bridgehead atoms. The third-order valence-corrected chi connectivity index (χ3v) is 4.81. The molecule has 2 aromatic heterocycles. The van der Waals surface area contributed by atoms with Crippen molar-refractivity contribution in [3.8, 4) is 0 Å². The number of anilines is 1. The topological polar surface area (TPSA) is 60.4 Å². The Hall–Kier alpha value is -1.66. The number of aromatic nitrogens is 2. The minimum absolute atomic E-state index is 0.350. The predicted octanol–water partition coefficient (Wildman–Crippen LogP) is 2.99. The van der Waals surface area contributed by atoms with E-state index in [0.717, 1.165) is 15.8 Å². The lowest BCUT2D eigenvalue weighted by atomic mass is 10.3. The van der Waals surface area contributed by atoms with E-state index in [0.29, 0.717) is 16.3 Å².